The highest BCUT2D eigenvalue weighted by Gasteiger charge is 2.24. The molecule has 134 valence electrons. The third-order valence-corrected chi connectivity index (χ3v) is 4.71. The first-order valence-electron chi connectivity index (χ1n) is 8.81. The van der Waals surface area contributed by atoms with E-state index in [2.05, 4.69) is 41.1 Å². The molecule has 1 N–H and O–H groups in total. The summed E-state index contributed by atoms with van der Waals surface area (Å²) in [4.78, 5) is 16.9. The van der Waals surface area contributed by atoms with Crippen LogP contribution in [0.25, 0.3) is 0 Å². The molecule has 1 amide bonds. The van der Waals surface area contributed by atoms with Gasteiger partial charge in [-0.2, -0.15) is 5.10 Å². The Morgan fingerprint density at radius 2 is 1.88 bits per heavy atom. The number of H-pyrrole nitrogens is 1. The minimum absolute atomic E-state index is 0.0254. The van der Waals surface area contributed by atoms with Crippen LogP contribution in [-0.4, -0.2) is 52.1 Å². The van der Waals surface area contributed by atoms with E-state index >= 15 is 0 Å². The predicted octanol–water partition coefficient (Wildman–Crippen LogP) is 3.22. The van der Waals surface area contributed by atoms with Crippen LogP contribution in [0.4, 0.5) is 0 Å². The van der Waals surface area contributed by atoms with Crippen LogP contribution in [0, 0.1) is 5.92 Å². The van der Waals surface area contributed by atoms with E-state index in [1.807, 2.05) is 23.1 Å². The molecule has 0 aliphatic carbocycles. The number of aromatic amines is 1. The highest BCUT2D eigenvalue weighted by atomic mass is 35.5. The van der Waals surface area contributed by atoms with E-state index in [4.69, 9.17) is 11.6 Å². The molecular formula is C19H25ClN4O. The molecule has 3 rings (SSSR count). The standard InChI is InChI=1S/C19H25ClN4O/c1-14(2)11-17-12-18(22-21-17)19(25)24-9-7-23(8-10-24)13-15-3-5-16(20)6-4-15/h3-6,12,14H,7-11,13H2,1-2H3,(H,21,22). The maximum absolute atomic E-state index is 12.6. The Labute approximate surface area is 154 Å². The summed E-state index contributed by atoms with van der Waals surface area (Å²) in [6.45, 7) is 8.41. The van der Waals surface area contributed by atoms with Crippen LogP contribution in [0.5, 0.6) is 0 Å². The van der Waals surface area contributed by atoms with Crippen molar-refractivity contribution in [3.8, 4) is 0 Å². The smallest absolute Gasteiger partial charge is 0.274 e. The van der Waals surface area contributed by atoms with Gasteiger partial charge in [0.05, 0.1) is 0 Å². The molecule has 25 heavy (non-hydrogen) atoms. The fourth-order valence-corrected chi connectivity index (χ4v) is 3.26. The van der Waals surface area contributed by atoms with E-state index in [1.165, 1.54) is 5.56 Å². The summed E-state index contributed by atoms with van der Waals surface area (Å²) in [5.74, 6) is 0.567. The van der Waals surface area contributed by atoms with Crippen LogP contribution in [0.1, 0.15) is 35.6 Å². The van der Waals surface area contributed by atoms with Gasteiger partial charge in [-0.05, 0) is 36.1 Å². The lowest BCUT2D eigenvalue weighted by Gasteiger charge is -2.34. The van der Waals surface area contributed by atoms with Gasteiger partial charge >= 0.3 is 0 Å². The quantitative estimate of drug-likeness (QED) is 0.890. The average Bonchev–Trinajstić information content (AvgIpc) is 3.05. The van der Waals surface area contributed by atoms with Gasteiger partial charge in [-0.3, -0.25) is 14.8 Å². The fourth-order valence-electron chi connectivity index (χ4n) is 3.13. The van der Waals surface area contributed by atoms with Gasteiger partial charge in [0.25, 0.3) is 5.91 Å². The summed E-state index contributed by atoms with van der Waals surface area (Å²) in [6, 6.07) is 9.84. The number of aromatic nitrogens is 2. The Kier molecular flexibility index (Phi) is 5.76. The molecule has 1 aromatic carbocycles. The van der Waals surface area contributed by atoms with Crippen LogP contribution < -0.4 is 0 Å². The molecule has 1 aliphatic rings. The Bertz CT molecular complexity index is 702. The number of amides is 1. The molecule has 5 nitrogen and oxygen atoms in total. The molecule has 0 saturated carbocycles. The van der Waals surface area contributed by atoms with Gasteiger partial charge in [0.1, 0.15) is 5.69 Å². The van der Waals surface area contributed by atoms with Crippen molar-refractivity contribution in [1.82, 2.24) is 20.0 Å². The molecular weight excluding hydrogens is 336 g/mol. The van der Waals surface area contributed by atoms with E-state index < -0.39 is 0 Å². The Balaban J connectivity index is 1.52. The van der Waals surface area contributed by atoms with Gasteiger partial charge < -0.3 is 4.90 Å². The Morgan fingerprint density at radius 3 is 2.52 bits per heavy atom. The van der Waals surface area contributed by atoms with Gasteiger partial charge in [-0.15, -0.1) is 0 Å². The van der Waals surface area contributed by atoms with Crippen molar-refractivity contribution in [3.63, 3.8) is 0 Å². The van der Waals surface area contributed by atoms with Crippen molar-refractivity contribution in [3.05, 3.63) is 52.3 Å². The average molecular weight is 361 g/mol. The summed E-state index contributed by atoms with van der Waals surface area (Å²) in [6.07, 6.45) is 0.912. The fraction of sp³-hybridized carbons (Fsp3) is 0.474. The van der Waals surface area contributed by atoms with Gasteiger partial charge in [-0.1, -0.05) is 37.6 Å². The molecule has 0 bridgehead atoms. The summed E-state index contributed by atoms with van der Waals surface area (Å²) in [5, 5.41) is 7.94. The molecule has 2 aromatic rings. The molecule has 6 heteroatoms. The first kappa shape index (κ1) is 18.0. The van der Waals surface area contributed by atoms with Crippen molar-refractivity contribution in [2.75, 3.05) is 26.2 Å². The summed E-state index contributed by atoms with van der Waals surface area (Å²) >= 11 is 5.93. The van der Waals surface area contributed by atoms with E-state index in [0.717, 1.165) is 49.9 Å². The molecule has 1 aliphatic heterocycles. The minimum Gasteiger partial charge on any atom is -0.335 e. The van der Waals surface area contributed by atoms with Gasteiger partial charge in [-0.25, -0.2) is 0 Å². The number of hydrogen-bond donors (Lipinski definition) is 1. The molecule has 1 aromatic heterocycles. The van der Waals surface area contributed by atoms with Gasteiger partial charge in [0.15, 0.2) is 0 Å². The second-order valence-corrected chi connectivity index (χ2v) is 7.51. The number of nitrogens with zero attached hydrogens (tertiary/aromatic N) is 3. The SMILES string of the molecule is CC(C)Cc1cc(C(=O)N2CCN(Cc3ccc(Cl)cc3)CC2)n[nH]1. The highest BCUT2D eigenvalue weighted by Crippen LogP contribution is 2.14. The van der Waals surface area contributed by atoms with E-state index in [9.17, 15) is 4.79 Å². The molecule has 2 heterocycles. The zero-order valence-corrected chi connectivity index (χ0v) is 15.6. The number of benzene rings is 1. The number of halogens is 1. The summed E-state index contributed by atoms with van der Waals surface area (Å²) in [5.41, 5.74) is 2.80. The lowest BCUT2D eigenvalue weighted by atomic mass is 10.1. The maximum atomic E-state index is 12.6. The third-order valence-electron chi connectivity index (χ3n) is 4.46. The second kappa shape index (κ2) is 8.02. The van der Waals surface area contributed by atoms with Gasteiger partial charge in [0, 0.05) is 43.4 Å². The lowest BCUT2D eigenvalue weighted by molar-refractivity contribution is 0.0622. The van der Waals surface area contributed by atoms with E-state index in [1.54, 1.807) is 0 Å². The Morgan fingerprint density at radius 1 is 1.20 bits per heavy atom. The molecule has 1 fully saturated rings. The van der Waals surface area contributed by atoms with Crippen molar-refractivity contribution < 1.29 is 4.79 Å². The number of piperazine rings is 1. The lowest BCUT2D eigenvalue weighted by Crippen LogP contribution is -2.48. The van der Waals surface area contributed by atoms with E-state index in [-0.39, 0.29) is 5.91 Å². The second-order valence-electron chi connectivity index (χ2n) is 7.07. The van der Waals surface area contributed by atoms with E-state index in [0.29, 0.717) is 11.6 Å². The van der Waals surface area contributed by atoms with Crippen LogP contribution in [0.3, 0.4) is 0 Å². The predicted molar refractivity (Wildman–Crippen MR) is 99.8 cm³/mol. The Hall–Kier alpha value is -1.85. The van der Waals surface area contributed by atoms with Crippen LogP contribution in [0.15, 0.2) is 30.3 Å². The molecule has 0 spiro atoms. The number of carbonyl (C=O) groups excluding carboxylic acids is 1. The topological polar surface area (TPSA) is 52.2 Å². The van der Waals surface area contributed by atoms with Gasteiger partial charge in [0.2, 0.25) is 0 Å². The highest BCUT2D eigenvalue weighted by molar-refractivity contribution is 6.30. The zero-order valence-electron chi connectivity index (χ0n) is 14.8. The van der Waals surface area contributed by atoms with Crippen molar-refractivity contribution >= 4 is 17.5 Å². The third kappa shape index (κ3) is 4.83. The normalized spacial score (nSPS) is 15.8. The summed E-state index contributed by atoms with van der Waals surface area (Å²) in [7, 11) is 0. The monoisotopic (exact) mass is 360 g/mol. The number of carbonyl (C=O) groups is 1. The first-order valence-corrected chi connectivity index (χ1v) is 9.19. The number of rotatable bonds is 5. The minimum atomic E-state index is 0.0254. The van der Waals surface area contributed by atoms with Crippen LogP contribution in [0.2, 0.25) is 5.02 Å². The van der Waals surface area contributed by atoms with Crippen LogP contribution in [-0.2, 0) is 13.0 Å². The first-order chi connectivity index (χ1) is 12.0. The molecule has 0 radical (unpaired) electrons. The zero-order chi connectivity index (χ0) is 17.8. The van der Waals surface area contributed by atoms with Crippen molar-refractivity contribution in [2.45, 2.75) is 26.8 Å². The largest absolute Gasteiger partial charge is 0.335 e. The van der Waals surface area contributed by atoms with Crippen molar-refractivity contribution in [2.24, 2.45) is 5.92 Å². The number of hydrogen-bond acceptors (Lipinski definition) is 3. The maximum Gasteiger partial charge on any atom is 0.274 e. The summed E-state index contributed by atoms with van der Waals surface area (Å²) < 4.78 is 0. The number of nitrogens with one attached hydrogen (secondary N) is 1. The van der Waals surface area contributed by atoms with Crippen LogP contribution >= 0.6 is 11.6 Å². The molecule has 0 atom stereocenters. The molecule has 0 unspecified atom stereocenters. The molecule has 1 saturated heterocycles. The van der Waals surface area contributed by atoms with Crippen molar-refractivity contribution in [1.29, 1.82) is 0 Å².